The molecule has 0 aliphatic rings. The number of aromatic nitrogens is 1. The second-order valence-electron chi connectivity index (χ2n) is 6.05. The summed E-state index contributed by atoms with van der Waals surface area (Å²) in [5.41, 5.74) is 2.68. The molecule has 2 aromatic carbocycles. The molecule has 12 heteroatoms. The molecule has 0 spiro atoms. The van der Waals surface area contributed by atoms with Gasteiger partial charge in [0.25, 0.3) is 10.0 Å². The van der Waals surface area contributed by atoms with Crippen LogP contribution in [0.2, 0.25) is 10.0 Å². The van der Waals surface area contributed by atoms with Crippen molar-refractivity contribution in [1.82, 2.24) is 4.98 Å². The number of halogens is 2. The summed E-state index contributed by atoms with van der Waals surface area (Å²) in [5.74, 6) is 0. The van der Waals surface area contributed by atoms with Crippen molar-refractivity contribution in [2.45, 2.75) is 18.7 Å². The average Bonchev–Trinajstić information content (AvgIpc) is 3.13. The van der Waals surface area contributed by atoms with E-state index in [1.54, 1.807) is 37.6 Å². The van der Waals surface area contributed by atoms with Crippen LogP contribution < -0.4 is 4.31 Å². The summed E-state index contributed by atoms with van der Waals surface area (Å²) in [6, 6.07) is 8.95. The molecule has 1 aromatic heterocycles. The van der Waals surface area contributed by atoms with Crippen LogP contribution >= 0.6 is 42.1 Å². The zero-order chi connectivity index (χ0) is 21.9. The Balaban J connectivity index is 2.16. The molecule has 1 heterocycles. The molecule has 0 unspecified atom stereocenters. The fraction of sp³-hybridized carbons (Fsp3) is 0.278. The number of fused-ring (bicyclic) bond motifs is 1. The first kappa shape index (κ1) is 23.5. The first-order valence-corrected chi connectivity index (χ1v) is 13.7. The predicted molar refractivity (Wildman–Crippen MR) is 121 cm³/mol. The van der Waals surface area contributed by atoms with Crippen molar-refractivity contribution in [3.8, 4) is 0 Å². The van der Waals surface area contributed by atoms with Gasteiger partial charge in [-0.15, -0.1) is 11.3 Å². The minimum Gasteiger partial charge on any atom is -0.308 e. The normalized spacial score (nSPS) is 12.4. The highest BCUT2D eigenvalue weighted by molar-refractivity contribution is 7.93. The van der Waals surface area contributed by atoms with E-state index in [1.165, 1.54) is 29.5 Å². The quantitative estimate of drug-likeness (QED) is 0.328. The zero-order valence-corrected chi connectivity index (χ0v) is 20.2. The Bertz CT molecular complexity index is 1170. The first-order chi connectivity index (χ1) is 14.2. The Labute approximate surface area is 189 Å². The molecule has 0 bridgehead atoms. The molecule has 0 fully saturated rings. The highest BCUT2D eigenvalue weighted by atomic mass is 35.5. The molecule has 162 valence electrons. The van der Waals surface area contributed by atoms with Crippen molar-refractivity contribution in [1.29, 1.82) is 0 Å². The van der Waals surface area contributed by atoms with E-state index in [9.17, 15) is 13.0 Å². The Morgan fingerprint density at radius 3 is 2.30 bits per heavy atom. The van der Waals surface area contributed by atoms with E-state index in [2.05, 4.69) is 4.98 Å². The maximum Gasteiger partial charge on any atom is 0.350 e. The molecule has 7 nitrogen and oxygen atoms in total. The number of nitrogens with zero attached hydrogens (tertiary/aromatic N) is 2. The van der Waals surface area contributed by atoms with Crippen LogP contribution in [0.15, 0.2) is 46.8 Å². The largest absolute Gasteiger partial charge is 0.350 e. The third-order valence-corrected chi connectivity index (χ3v) is 9.08. The molecule has 3 aromatic rings. The lowest BCUT2D eigenvalue weighted by molar-refractivity contribution is 0.221. The minimum atomic E-state index is -4.20. The molecule has 0 amide bonds. The summed E-state index contributed by atoms with van der Waals surface area (Å²) >= 11 is 13.4. The van der Waals surface area contributed by atoms with E-state index in [4.69, 9.17) is 32.2 Å². The fourth-order valence-corrected chi connectivity index (χ4v) is 7.87. The van der Waals surface area contributed by atoms with Gasteiger partial charge >= 0.3 is 7.60 Å². The van der Waals surface area contributed by atoms with Crippen LogP contribution in [0.3, 0.4) is 0 Å². The lowest BCUT2D eigenvalue weighted by Crippen LogP contribution is -2.32. The van der Waals surface area contributed by atoms with E-state index >= 15 is 0 Å². The van der Waals surface area contributed by atoms with Gasteiger partial charge in [0.2, 0.25) is 0 Å². The summed E-state index contributed by atoms with van der Waals surface area (Å²) < 4.78 is 52.8. The molecule has 0 aliphatic heterocycles. The smallest absolute Gasteiger partial charge is 0.308 e. The molecule has 0 N–H and O–H groups in total. The molecule has 0 aliphatic carbocycles. The van der Waals surface area contributed by atoms with Crippen molar-refractivity contribution < 1.29 is 22.0 Å². The van der Waals surface area contributed by atoms with E-state index < -0.39 is 23.9 Å². The van der Waals surface area contributed by atoms with Crippen molar-refractivity contribution in [2.75, 3.05) is 23.8 Å². The van der Waals surface area contributed by atoms with Gasteiger partial charge < -0.3 is 9.05 Å². The maximum absolute atomic E-state index is 13.6. The Kier molecular flexibility index (Phi) is 7.45. The molecule has 0 atom stereocenters. The molecule has 3 rings (SSSR count). The number of anilines is 1. The average molecular weight is 509 g/mol. The standard InChI is InChI=1S/C18H19Cl2N2O5PS2/c1-3-26-28(23,27-4-2)12-22(15-5-6-17-18(10-15)29-11-21-17)30(24,25)16-8-13(19)7-14(20)9-16/h5-11H,3-4,12H2,1-2H3. The molecule has 0 radical (unpaired) electrons. The summed E-state index contributed by atoms with van der Waals surface area (Å²) in [6.07, 6.45) is -0.508. The van der Waals surface area contributed by atoms with Crippen LogP contribution in [0.1, 0.15) is 13.8 Å². The van der Waals surface area contributed by atoms with Crippen LogP contribution in [-0.2, 0) is 23.6 Å². The van der Waals surface area contributed by atoms with Gasteiger partial charge in [-0.25, -0.2) is 13.4 Å². The van der Waals surface area contributed by atoms with E-state index in [0.717, 1.165) is 14.5 Å². The van der Waals surface area contributed by atoms with Crippen LogP contribution in [0.5, 0.6) is 0 Å². The van der Waals surface area contributed by atoms with Gasteiger partial charge in [-0.2, -0.15) is 0 Å². The van der Waals surface area contributed by atoms with Crippen LogP contribution in [-0.4, -0.2) is 32.9 Å². The maximum atomic E-state index is 13.6. The van der Waals surface area contributed by atoms with Gasteiger partial charge in [0.1, 0.15) is 6.29 Å². The van der Waals surface area contributed by atoms with Crippen LogP contribution in [0.25, 0.3) is 10.2 Å². The second-order valence-corrected chi connectivity index (χ2v) is 11.7. The summed E-state index contributed by atoms with van der Waals surface area (Å²) in [4.78, 5) is 4.07. The molecular weight excluding hydrogens is 490 g/mol. The van der Waals surface area contributed by atoms with E-state index in [0.29, 0.717) is 5.69 Å². The Hall–Kier alpha value is -1.19. The Morgan fingerprint density at radius 2 is 1.70 bits per heavy atom. The van der Waals surface area contributed by atoms with E-state index in [-0.39, 0.29) is 28.2 Å². The van der Waals surface area contributed by atoms with Crippen molar-refractivity contribution in [3.05, 3.63) is 52.0 Å². The minimum absolute atomic E-state index is 0.0992. The summed E-state index contributed by atoms with van der Waals surface area (Å²) in [7, 11) is -7.96. The van der Waals surface area contributed by atoms with Crippen LogP contribution in [0.4, 0.5) is 5.69 Å². The Morgan fingerprint density at radius 1 is 1.07 bits per heavy atom. The number of thiazole rings is 1. The topological polar surface area (TPSA) is 85.8 Å². The van der Waals surface area contributed by atoms with Gasteiger partial charge in [-0.3, -0.25) is 8.87 Å². The number of hydrogen-bond donors (Lipinski definition) is 0. The lowest BCUT2D eigenvalue weighted by atomic mass is 10.3. The number of benzene rings is 2. The van der Waals surface area contributed by atoms with Crippen molar-refractivity contribution >= 4 is 68.1 Å². The van der Waals surface area contributed by atoms with Gasteiger partial charge in [-0.05, 0) is 50.2 Å². The van der Waals surface area contributed by atoms with E-state index in [1.807, 2.05) is 0 Å². The number of sulfonamides is 1. The molecular formula is C18H19Cl2N2O5PS2. The lowest BCUT2D eigenvalue weighted by Gasteiger charge is -2.28. The SMILES string of the molecule is CCOP(=O)(CN(c1ccc2ncsc2c1)S(=O)(=O)c1cc(Cl)cc(Cl)c1)OCC. The molecule has 30 heavy (non-hydrogen) atoms. The third-order valence-electron chi connectivity index (χ3n) is 3.98. The fourth-order valence-electron chi connectivity index (χ4n) is 2.77. The predicted octanol–water partition coefficient (Wildman–Crippen LogP) is 6.02. The zero-order valence-electron chi connectivity index (χ0n) is 16.1. The van der Waals surface area contributed by atoms with Gasteiger partial charge in [-0.1, -0.05) is 23.2 Å². The summed E-state index contributed by atoms with van der Waals surface area (Å²) in [5, 5.41) is 0.327. The van der Waals surface area contributed by atoms with Gasteiger partial charge in [0.15, 0.2) is 0 Å². The highest BCUT2D eigenvalue weighted by Gasteiger charge is 2.35. The van der Waals surface area contributed by atoms with Crippen molar-refractivity contribution in [3.63, 3.8) is 0 Å². The highest BCUT2D eigenvalue weighted by Crippen LogP contribution is 2.50. The van der Waals surface area contributed by atoms with Gasteiger partial charge in [0, 0.05) is 10.0 Å². The summed E-state index contributed by atoms with van der Waals surface area (Å²) in [6.45, 7) is 3.51. The molecule has 0 saturated heterocycles. The number of hydrogen-bond acceptors (Lipinski definition) is 7. The monoisotopic (exact) mass is 508 g/mol. The van der Waals surface area contributed by atoms with Crippen molar-refractivity contribution in [2.24, 2.45) is 0 Å². The van der Waals surface area contributed by atoms with Gasteiger partial charge in [0.05, 0.1) is 39.5 Å². The molecule has 0 saturated carbocycles. The number of rotatable bonds is 9. The second kappa shape index (κ2) is 9.53. The van der Waals surface area contributed by atoms with Crippen LogP contribution in [0, 0.1) is 0 Å². The third kappa shape index (κ3) is 5.16. The first-order valence-electron chi connectivity index (χ1n) is 8.89.